The van der Waals surface area contributed by atoms with E-state index in [1.807, 2.05) is 24.3 Å². The number of hydrogen-bond donors (Lipinski definition) is 14. The van der Waals surface area contributed by atoms with Crippen molar-refractivity contribution in [1.29, 1.82) is 0 Å². The molecule has 0 saturated carbocycles. The number of aliphatic hydroxyl groups is 6. The van der Waals surface area contributed by atoms with Crippen molar-refractivity contribution in [3.8, 4) is 0 Å². The molecule has 14 atom stereocenters. The molecule has 2 saturated heterocycles. The summed E-state index contributed by atoms with van der Waals surface area (Å²) in [7, 11) is -11.4. The molecule has 2 aliphatic heterocycles. The Morgan fingerprint density at radius 2 is 0.747 bits per heavy atom. The minimum absolute atomic E-state index is 0.152. The summed E-state index contributed by atoms with van der Waals surface area (Å²) in [6, 6.07) is -3.71. The molecule has 556 valence electrons. The van der Waals surface area contributed by atoms with Gasteiger partial charge < -0.3 is 0 Å². The van der Waals surface area contributed by atoms with E-state index in [-0.39, 0.29) is 25.7 Å². The second kappa shape index (κ2) is 53.0. The SMILES string of the molecule is CCCCCC/C=C\CCCC(O)CC(=O)NC1[C@@H](O[PH](O)(O)O)OC(CO[C@@H]2OC(CO)[C@@H](O[PH](O)(O)O)[C@H](OC(=O)CC(O)CCC/C=C\CCCCCC)C2NC(=O)CC(O)CCC/C=C\CCCCCC)[C@@H](O)[C@@H]1OC(=O)CC(O)CCC/C=C\CCCCCC. The van der Waals surface area contributed by atoms with E-state index >= 15 is 0 Å². The fourth-order valence-corrected chi connectivity index (χ4v) is 12.5. The van der Waals surface area contributed by atoms with E-state index < -0.39 is 165 Å². The first kappa shape index (κ1) is 88.1. The van der Waals surface area contributed by atoms with Gasteiger partial charge in [0.25, 0.3) is 0 Å². The molecule has 0 aromatic rings. The molecule has 0 aliphatic carbocycles. The predicted molar refractivity (Wildman–Crippen MR) is 365 cm³/mol. The van der Waals surface area contributed by atoms with Crippen LogP contribution in [-0.4, -0.2) is 183 Å². The van der Waals surface area contributed by atoms with Gasteiger partial charge >= 0.3 is 401 Å². The van der Waals surface area contributed by atoms with Gasteiger partial charge in [0.15, 0.2) is 0 Å². The van der Waals surface area contributed by atoms with Crippen LogP contribution in [0, 0.1) is 0 Å². The summed E-state index contributed by atoms with van der Waals surface area (Å²) < 4.78 is 40.3. The minimum Gasteiger partial charge on any atom is -0.0885 e. The Labute approximate surface area is 566 Å². The van der Waals surface area contributed by atoms with Crippen LogP contribution in [0.25, 0.3) is 0 Å². The van der Waals surface area contributed by atoms with Gasteiger partial charge in [0.05, 0.1) is 0 Å². The molecule has 2 heterocycles. The van der Waals surface area contributed by atoms with E-state index in [0.29, 0.717) is 51.4 Å². The summed E-state index contributed by atoms with van der Waals surface area (Å²) in [6.07, 6.45) is 19.7. The van der Waals surface area contributed by atoms with Crippen LogP contribution in [0.15, 0.2) is 48.6 Å². The molecule has 2 aliphatic rings. The summed E-state index contributed by atoms with van der Waals surface area (Å²) in [5, 5.41) is 72.1. The number of unbranched alkanes of at least 4 members (excludes halogenated alkanes) is 20. The van der Waals surface area contributed by atoms with Gasteiger partial charge in [-0.2, -0.15) is 0 Å². The van der Waals surface area contributed by atoms with E-state index in [1.54, 1.807) is 0 Å². The van der Waals surface area contributed by atoms with Crippen LogP contribution < -0.4 is 10.6 Å². The summed E-state index contributed by atoms with van der Waals surface area (Å²) in [5.41, 5.74) is 0. The molecule has 0 aromatic carbocycles. The van der Waals surface area contributed by atoms with Crippen molar-refractivity contribution in [2.24, 2.45) is 0 Å². The number of carbonyl (C=O) groups is 4. The molecule has 0 spiro atoms. The Kier molecular flexibility index (Phi) is 49.1. The van der Waals surface area contributed by atoms with E-state index in [4.69, 9.17) is 32.7 Å². The van der Waals surface area contributed by atoms with Gasteiger partial charge in [-0.1, -0.05) is 117 Å². The molecule has 8 unspecified atom stereocenters. The maximum absolute atomic E-state index is 14.1. The second-order valence-electron chi connectivity index (χ2n) is 25.5. The van der Waals surface area contributed by atoms with Crippen LogP contribution in [0.5, 0.6) is 0 Å². The van der Waals surface area contributed by atoms with Gasteiger partial charge in [0, 0.05) is 0 Å². The smallest absolute Gasteiger partial charge is 0.0885 e. The standard InChI is InChI=1S/C68H126N2O23P2/c1-5-9-13-17-21-25-29-33-37-41-51(72)45-57(76)69-61-65(90-59(78)47-53(74)43-39-35-31-27-23-19-15-11-7-3)63(80)56(89-68(61)93-95(84,85)86)50-87-67-62(70-58(77)46-52(73)42-38-34-30-26-22-18-14-10-6-2)66(64(55(49-71)88-67)92-94(81,82)83)91-60(79)48-54(75)44-40-36-32-28-24-20-16-12-8-4/h25-32,51-56,61-68,71-75,80-86,94-95H,5-24,33-50H2,1-4H3,(H,69,76)(H,70,77)/b29-25-,30-26-,31-27-,32-28-/t51?,52?,53?,54?,55?,56?,61?,62?,63-,64-,65-,66-,67-,68-/m1/s1. The van der Waals surface area contributed by atoms with Crippen molar-refractivity contribution in [3.63, 3.8) is 0 Å². The van der Waals surface area contributed by atoms with Crippen LogP contribution in [0.1, 0.15) is 259 Å². The Balaban J connectivity index is 2.59. The predicted octanol–water partition coefficient (Wildman–Crippen LogP) is 8.57. The zero-order valence-electron chi connectivity index (χ0n) is 57.4. The number of amides is 2. The topological polar surface area (TPSA) is 400 Å². The number of carbonyl (C=O) groups excluding carboxylic acids is 4. The van der Waals surface area contributed by atoms with Crippen molar-refractivity contribution >= 4 is 40.1 Å². The third kappa shape index (κ3) is 42.7. The van der Waals surface area contributed by atoms with Crippen LogP contribution in [0.4, 0.5) is 0 Å². The molecular weight excluding hydrogens is 1270 g/mol. The number of allylic oxidation sites excluding steroid dienone is 8. The fraction of sp³-hybridized carbons (Fsp3) is 0.824. The Bertz CT molecular complexity index is 2130. The zero-order valence-corrected chi connectivity index (χ0v) is 59.4. The normalized spacial score (nSPS) is 23.7. The number of nitrogens with one attached hydrogen (secondary N) is 2. The molecule has 25 nitrogen and oxygen atoms in total. The van der Waals surface area contributed by atoms with Gasteiger partial charge in [-0.25, -0.2) is 0 Å². The van der Waals surface area contributed by atoms with Crippen molar-refractivity contribution < 1.29 is 112 Å². The number of ether oxygens (including phenoxy) is 5. The summed E-state index contributed by atoms with van der Waals surface area (Å²) in [4.78, 5) is 118. The molecule has 0 aromatic heterocycles. The van der Waals surface area contributed by atoms with Gasteiger partial charge in [0.2, 0.25) is 0 Å². The molecule has 2 rings (SSSR count). The summed E-state index contributed by atoms with van der Waals surface area (Å²) in [6.45, 7) is 6.52. The first-order chi connectivity index (χ1) is 45.4. The van der Waals surface area contributed by atoms with Gasteiger partial charge in [-0.3, -0.25) is 0 Å². The first-order valence-corrected chi connectivity index (χ1v) is 39.2. The molecule has 27 heteroatoms. The second-order valence-corrected chi connectivity index (χ2v) is 28.2. The summed E-state index contributed by atoms with van der Waals surface area (Å²) >= 11 is 0. The van der Waals surface area contributed by atoms with Crippen LogP contribution in [0.3, 0.4) is 0 Å². The first-order valence-electron chi connectivity index (χ1n) is 35.7. The average molecular weight is 1400 g/mol. The summed E-state index contributed by atoms with van der Waals surface area (Å²) in [5.74, 6) is -4.02. The third-order valence-electron chi connectivity index (χ3n) is 16.5. The molecule has 14 N–H and O–H groups in total. The van der Waals surface area contributed by atoms with Crippen molar-refractivity contribution in [1.82, 2.24) is 10.6 Å². The van der Waals surface area contributed by atoms with Crippen molar-refractivity contribution in [3.05, 3.63) is 48.6 Å². The molecule has 2 amide bonds. The maximum atomic E-state index is 14.1. The zero-order chi connectivity index (χ0) is 70.3. The van der Waals surface area contributed by atoms with E-state index in [1.165, 1.54) is 0 Å². The van der Waals surface area contributed by atoms with Gasteiger partial charge in [0.1, 0.15) is 0 Å². The number of hydrogen-bond acceptors (Lipinski definition) is 23. The minimum atomic E-state index is -5.71. The molecule has 0 bridgehead atoms. The average Bonchev–Trinajstić information content (AvgIpc) is 0.787. The Hall–Kier alpha value is -2.98. The Morgan fingerprint density at radius 3 is 1.09 bits per heavy atom. The molecule has 95 heavy (non-hydrogen) atoms. The Morgan fingerprint density at radius 1 is 0.421 bits per heavy atom. The van der Waals surface area contributed by atoms with Crippen LogP contribution in [0.2, 0.25) is 0 Å². The number of rotatable bonds is 56. The monoisotopic (exact) mass is 1400 g/mol. The third-order valence-corrected chi connectivity index (χ3v) is 17.7. The van der Waals surface area contributed by atoms with Crippen molar-refractivity contribution in [2.45, 2.75) is 345 Å². The van der Waals surface area contributed by atoms with E-state index in [9.17, 15) is 79.2 Å². The number of esters is 2. The molecule has 2 fully saturated rings. The van der Waals surface area contributed by atoms with Crippen LogP contribution >= 0.6 is 16.3 Å². The molecule has 0 radical (unpaired) electrons. The fourth-order valence-electron chi connectivity index (χ4n) is 11.3. The van der Waals surface area contributed by atoms with Crippen molar-refractivity contribution in [2.75, 3.05) is 13.2 Å². The van der Waals surface area contributed by atoms with Gasteiger partial charge in [-0.15, -0.1) is 0 Å². The number of aliphatic hydroxyl groups excluding tert-OH is 6. The van der Waals surface area contributed by atoms with E-state index in [2.05, 4.69) is 62.6 Å². The van der Waals surface area contributed by atoms with E-state index in [0.717, 1.165) is 128 Å². The van der Waals surface area contributed by atoms with Gasteiger partial charge in [-0.05, 0) is 51.4 Å². The quantitative estimate of drug-likeness (QED) is 0.0117. The molecular formula is C68H126N2O23P2. The van der Waals surface area contributed by atoms with Crippen LogP contribution in [-0.2, 0) is 51.9 Å².